The molecule has 0 spiro atoms. The second-order valence-corrected chi connectivity index (χ2v) is 7.80. The zero-order valence-electron chi connectivity index (χ0n) is 18.9. The highest BCUT2D eigenvalue weighted by atomic mass is 16.6. The van der Waals surface area contributed by atoms with Crippen LogP contribution in [0.15, 0.2) is 48.5 Å². The fourth-order valence-electron chi connectivity index (χ4n) is 3.93. The number of carbonyl (C=O) groups is 4. The molecule has 9 heteroatoms. The maximum atomic E-state index is 12.5. The molecule has 34 heavy (non-hydrogen) atoms. The Morgan fingerprint density at radius 3 is 2.15 bits per heavy atom. The lowest BCUT2D eigenvalue weighted by atomic mass is 9.98. The number of rotatable bonds is 11. The Balaban J connectivity index is 1.60. The second kappa shape index (κ2) is 11.8. The third-order valence-corrected chi connectivity index (χ3v) is 5.51. The van der Waals surface area contributed by atoms with E-state index in [0.29, 0.717) is 12.8 Å². The van der Waals surface area contributed by atoms with Crippen LogP contribution in [0.1, 0.15) is 43.2 Å². The molecule has 1 atom stereocenters. The average Bonchev–Trinajstić information content (AvgIpc) is 3.14. The maximum absolute atomic E-state index is 12.5. The first-order valence-electron chi connectivity index (χ1n) is 11.2. The van der Waals surface area contributed by atoms with Crippen LogP contribution in [0, 0.1) is 0 Å². The van der Waals surface area contributed by atoms with Crippen molar-refractivity contribution < 1.29 is 33.8 Å². The van der Waals surface area contributed by atoms with E-state index >= 15 is 0 Å². The van der Waals surface area contributed by atoms with E-state index in [1.165, 1.54) is 0 Å². The van der Waals surface area contributed by atoms with Gasteiger partial charge in [0.05, 0.1) is 6.61 Å². The van der Waals surface area contributed by atoms with Crippen LogP contribution in [-0.2, 0) is 23.9 Å². The number of hydrogen-bond acceptors (Lipinski definition) is 6. The second-order valence-electron chi connectivity index (χ2n) is 7.80. The molecule has 0 saturated heterocycles. The third-order valence-electron chi connectivity index (χ3n) is 5.51. The van der Waals surface area contributed by atoms with Crippen molar-refractivity contribution in [2.75, 3.05) is 19.8 Å². The molecular weight excluding hydrogens is 440 g/mol. The Hall–Kier alpha value is -3.88. The first-order chi connectivity index (χ1) is 16.4. The molecule has 3 N–H and O–H groups in total. The SMILES string of the molecule is CCOC(=O)C(NC(=O)OCC1c2ccccc2-c2ccccc21)C(=O)NCCCCC(=O)O. The number of fused-ring (bicyclic) bond motifs is 3. The van der Waals surface area contributed by atoms with Crippen LogP contribution in [0.5, 0.6) is 0 Å². The van der Waals surface area contributed by atoms with Crippen LogP contribution in [0.4, 0.5) is 4.79 Å². The van der Waals surface area contributed by atoms with E-state index in [0.717, 1.165) is 22.3 Å². The van der Waals surface area contributed by atoms with Crippen molar-refractivity contribution in [3.63, 3.8) is 0 Å². The summed E-state index contributed by atoms with van der Waals surface area (Å²) >= 11 is 0. The average molecular weight is 469 g/mol. The van der Waals surface area contributed by atoms with Crippen LogP contribution in [0.2, 0.25) is 0 Å². The summed E-state index contributed by atoms with van der Waals surface area (Å²) in [5.41, 5.74) is 4.24. The summed E-state index contributed by atoms with van der Waals surface area (Å²) in [5.74, 6) is -2.74. The molecule has 0 aromatic heterocycles. The van der Waals surface area contributed by atoms with Crippen molar-refractivity contribution in [1.82, 2.24) is 10.6 Å². The Labute approximate surface area is 197 Å². The number of carboxylic acid groups (broad SMARTS) is 1. The van der Waals surface area contributed by atoms with E-state index in [4.69, 9.17) is 14.6 Å². The number of hydrogen-bond donors (Lipinski definition) is 3. The van der Waals surface area contributed by atoms with E-state index < -0.39 is 30.0 Å². The number of carboxylic acids is 1. The molecule has 2 aromatic carbocycles. The Morgan fingerprint density at radius 2 is 1.56 bits per heavy atom. The number of aliphatic carboxylic acids is 1. The molecule has 1 aliphatic rings. The van der Waals surface area contributed by atoms with Crippen LogP contribution >= 0.6 is 0 Å². The van der Waals surface area contributed by atoms with Crippen LogP contribution < -0.4 is 10.6 Å². The normalized spacial score (nSPS) is 12.7. The summed E-state index contributed by atoms with van der Waals surface area (Å²) in [6.45, 7) is 1.82. The number of carbonyl (C=O) groups excluding carboxylic acids is 3. The maximum Gasteiger partial charge on any atom is 0.408 e. The fourth-order valence-corrected chi connectivity index (χ4v) is 3.93. The number of nitrogens with one attached hydrogen (secondary N) is 2. The van der Waals surface area contributed by atoms with E-state index in [2.05, 4.69) is 10.6 Å². The molecule has 0 fully saturated rings. The van der Waals surface area contributed by atoms with Gasteiger partial charge in [-0.2, -0.15) is 0 Å². The quantitative estimate of drug-likeness (QED) is 0.263. The lowest BCUT2D eigenvalue weighted by Crippen LogP contribution is -2.52. The predicted molar refractivity (Wildman–Crippen MR) is 123 cm³/mol. The molecular formula is C25H28N2O7. The Bertz CT molecular complexity index is 1010. The third kappa shape index (κ3) is 6.12. The van der Waals surface area contributed by atoms with E-state index in [-0.39, 0.29) is 32.1 Å². The van der Waals surface area contributed by atoms with Crippen LogP contribution in [-0.4, -0.2) is 54.8 Å². The minimum atomic E-state index is -1.57. The van der Waals surface area contributed by atoms with Crippen LogP contribution in [0.3, 0.4) is 0 Å². The lowest BCUT2D eigenvalue weighted by molar-refractivity contribution is -0.149. The molecule has 0 aliphatic heterocycles. The van der Waals surface area contributed by atoms with Crippen molar-refractivity contribution in [3.05, 3.63) is 59.7 Å². The van der Waals surface area contributed by atoms with Gasteiger partial charge >= 0.3 is 18.0 Å². The molecule has 2 aromatic rings. The molecule has 0 radical (unpaired) electrons. The highest BCUT2D eigenvalue weighted by molar-refractivity contribution is 6.04. The molecule has 1 aliphatic carbocycles. The Morgan fingerprint density at radius 1 is 0.941 bits per heavy atom. The van der Waals surface area contributed by atoms with Gasteiger partial charge in [-0.05, 0) is 42.0 Å². The van der Waals surface area contributed by atoms with Gasteiger partial charge in [0.1, 0.15) is 6.61 Å². The van der Waals surface area contributed by atoms with Gasteiger partial charge in [0.25, 0.3) is 5.91 Å². The Kier molecular flexibility index (Phi) is 8.61. The van der Waals surface area contributed by atoms with Gasteiger partial charge in [-0.15, -0.1) is 0 Å². The zero-order valence-corrected chi connectivity index (χ0v) is 18.9. The van der Waals surface area contributed by atoms with Gasteiger partial charge in [-0.3, -0.25) is 14.9 Å². The van der Waals surface area contributed by atoms with Gasteiger partial charge < -0.3 is 19.9 Å². The van der Waals surface area contributed by atoms with Gasteiger partial charge in [0.15, 0.2) is 0 Å². The van der Waals surface area contributed by atoms with E-state index in [1.54, 1.807) is 6.92 Å². The molecule has 3 rings (SSSR count). The summed E-state index contributed by atoms with van der Waals surface area (Å²) in [4.78, 5) is 47.8. The highest BCUT2D eigenvalue weighted by Crippen LogP contribution is 2.44. The number of esters is 1. The van der Waals surface area contributed by atoms with Gasteiger partial charge in [-0.25, -0.2) is 9.59 Å². The number of ether oxygens (including phenoxy) is 2. The lowest BCUT2D eigenvalue weighted by Gasteiger charge is -2.18. The van der Waals surface area contributed by atoms with Crippen molar-refractivity contribution in [3.8, 4) is 11.1 Å². The fraction of sp³-hybridized carbons (Fsp3) is 0.360. The zero-order chi connectivity index (χ0) is 24.5. The van der Waals surface area contributed by atoms with Gasteiger partial charge in [0.2, 0.25) is 6.04 Å². The first-order valence-corrected chi connectivity index (χ1v) is 11.2. The smallest absolute Gasteiger partial charge is 0.408 e. The monoisotopic (exact) mass is 468 g/mol. The number of amides is 2. The summed E-state index contributed by atoms with van der Waals surface area (Å²) < 4.78 is 10.3. The number of alkyl carbamates (subject to hydrolysis) is 1. The summed E-state index contributed by atoms with van der Waals surface area (Å²) in [6, 6.07) is 14.2. The largest absolute Gasteiger partial charge is 0.481 e. The standard InChI is InChI=1S/C25H28N2O7/c1-2-33-24(31)22(23(30)26-14-8-7-13-21(28)29)27-25(32)34-15-20-18-11-5-3-9-16(18)17-10-4-6-12-19(17)20/h3-6,9-12,20,22H,2,7-8,13-15H2,1H3,(H,26,30)(H,27,32)(H,28,29). The number of unbranched alkanes of at least 4 members (excludes halogenated alkanes) is 1. The number of benzene rings is 2. The minimum Gasteiger partial charge on any atom is -0.481 e. The van der Waals surface area contributed by atoms with Gasteiger partial charge in [-0.1, -0.05) is 48.5 Å². The van der Waals surface area contributed by atoms with Crippen molar-refractivity contribution in [2.24, 2.45) is 0 Å². The minimum absolute atomic E-state index is 0.0187. The molecule has 0 heterocycles. The molecule has 0 saturated carbocycles. The topological polar surface area (TPSA) is 131 Å². The van der Waals surface area contributed by atoms with Gasteiger partial charge in [0, 0.05) is 18.9 Å². The van der Waals surface area contributed by atoms with Crippen molar-refractivity contribution >= 4 is 23.9 Å². The summed E-state index contributed by atoms with van der Waals surface area (Å²) in [6.07, 6.45) is -0.145. The van der Waals surface area contributed by atoms with E-state index in [9.17, 15) is 19.2 Å². The molecule has 9 nitrogen and oxygen atoms in total. The first kappa shape index (κ1) is 24.8. The predicted octanol–water partition coefficient (Wildman–Crippen LogP) is 2.83. The summed E-state index contributed by atoms with van der Waals surface area (Å²) in [5, 5.41) is 13.5. The van der Waals surface area contributed by atoms with E-state index in [1.807, 2.05) is 48.5 Å². The van der Waals surface area contributed by atoms with Crippen LogP contribution in [0.25, 0.3) is 11.1 Å². The molecule has 2 amide bonds. The molecule has 0 bridgehead atoms. The van der Waals surface area contributed by atoms with Crippen molar-refractivity contribution in [1.29, 1.82) is 0 Å². The van der Waals surface area contributed by atoms with Crippen molar-refractivity contribution in [2.45, 2.75) is 38.1 Å². The molecule has 1 unspecified atom stereocenters. The molecule has 180 valence electrons. The highest BCUT2D eigenvalue weighted by Gasteiger charge is 2.32. The summed E-state index contributed by atoms with van der Waals surface area (Å²) in [7, 11) is 0.